The SMILES string of the molecule is C#CC(C)(C)C(=O)[C@@H]1C[C@@H]1C. The van der Waals surface area contributed by atoms with Crippen molar-refractivity contribution in [1.29, 1.82) is 0 Å². The average molecular weight is 150 g/mol. The van der Waals surface area contributed by atoms with E-state index in [1.165, 1.54) is 0 Å². The van der Waals surface area contributed by atoms with E-state index in [0.29, 0.717) is 5.92 Å². The van der Waals surface area contributed by atoms with Crippen molar-refractivity contribution in [3.63, 3.8) is 0 Å². The maximum atomic E-state index is 11.5. The van der Waals surface area contributed by atoms with Crippen LogP contribution < -0.4 is 0 Å². The summed E-state index contributed by atoms with van der Waals surface area (Å²) in [5.74, 6) is 3.59. The molecule has 1 saturated carbocycles. The average Bonchev–Trinajstić information content (AvgIpc) is 2.65. The van der Waals surface area contributed by atoms with Gasteiger partial charge in [0, 0.05) is 5.92 Å². The summed E-state index contributed by atoms with van der Waals surface area (Å²) in [5.41, 5.74) is -0.546. The third-order valence-corrected chi connectivity index (χ3v) is 2.42. The van der Waals surface area contributed by atoms with Crippen molar-refractivity contribution < 1.29 is 4.79 Å². The Hall–Kier alpha value is -0.770. The normalized spacial score (nSPS) is 29.3. The van der Waals surface area contributed by atoms with Gasteiger partial charge < -0.3 is 0 Å². The third kappa shape index (κ3) is 1.45. The first-order valence-electron chi connectivity index (χ1n) is 4.01. The molecule has 1 fully saturated rings. The van der Waals surface area contributed by atoms with Crippen molar-refractivity contribution in [1.82, 2.24) is 0 Å². The molecule has 1 aliphatic carbocycles. The van der Waals surface area contributed by atoms with Gasteiger partial charge >= 0.3 is 0 Å². The van der Waals surface area contributed by atoms with Gasteiger partial charge in [-0.15, -0.1) is 6.42 Å². The first-order chi connectivity index (χ1) is 4.99. The molecule has 0 spiro atoms. The van der Waals surface area contributed by atoms with Gasteiger partial charge in [-0.2, -0.15) is 0 Å². The monoisotopic (exact) mass is 150 g/mol. The number of hydrogen-bond acceptors (Lipinski definition) is 1. The van der Waals surface area contributed by atoms with Crippen molar-refractivity contribution >= 4 is 5.78 Å². The zero-order chi connectivity index (χ0) is 8.65. The van der Waals surface area contributed by atoms with Gasteiger partial charge in [0.2, 0.25) is 0 Å². The van der Waals surface area contributed by atoms with Crippen LogP contribution in [0.2, 0.25) is 0 Å². The van der Waals surface area contributed by atoms with E-state index < -0.39 is 5.41 Å². The van der Waals surface area contributed by atoms with Gasteiger partial charge in [0.05, 0.1) is 5.41 Å². The minimum atomic E-state index is -0.546. The molecule has 1 nitrogen and oxygen atoms in total. The van der Waals surface area contributed by atoms with E-state index in [1.807, 2.05) is 13.8 Å². The molecular weight excluding hydrogens is 136 g/mol. The molecule has 2 atom stereocenters. The molecule has 0 N–H and O–H groups in total. The van der Waals surface area contributed by atoms with E-state index in [2.05, 4.69) is 12.8 Å². The van der Waals surface area contributed by atoms with Crippen molar-refractivity contribution in [3.05, 3.63) is 0 Å². The van der Waals surface area contributed by atoms with Crippen LogP contribution in [-0.2, 0) is 4.79 Å². The molecule has 0 radical (unpaired) electrons. The first-order valence-corrected chi connectivity index (χ1v) is 4.01. The smallest absolute Gasteiger partial charge is 0.153 e. The fraction of sp³-hybridized carbons (Fsp3) is 0.700. The number of ketones is 1. The maximum Gasteiger partial charge on any atom is 0.153 e. The fourth-order valence-corrected chi connectivity index (χ4v) is 1.22. The van der Waals surface area contributed by atoms with E-state index >= 15 is 0 Å². The van der Waals surface area contributed by atoms with Crippen LogP contribution in [0.4, 0.5) is 0 Å². The fourth-order valence-electron chi connectivity index (χ4n) is 1.22. The molecule has 1 aliphatic rings. The molecule has 0 unspecified atom stereocenters. The second-order valence-corrected chi connectivity index (χ2v) is 3.95. The van der Waals surface area contributed by atoms with Crippen molar-refractivity contribution in [2.45, 2.75) is 27.2 Å². The summed E-state index contributed by atoms with van der Waals surface area (Å²) in [6, 6.07) is 0. The molecule has 11 heavy (non-hydrogen) atoms. The van der Waals surface area contributed by atoms with Crippen LogP contribution in [0.3, 0.4) is 0 Å². The van der Waals surface area contributed by atoms with Crippen LogP contribution in [0.15, 0.2) is 0 Å². The number of carbonyl (C=O) groups is 1. The summed E-state index contributed by atoms with van der Waals surface area (Å²) >= 11 is 0. The van der Waals surface area contributed by atoms with Gasteiger partial charge in [-0.05, 0) is 26.2 Å². The standard InChI is InChI=1S/C10H14O/c1-5-10(3,4)9(11)8-6-7(8)2/h1,7-8H,6H2,2-4H3/t7-,8+/m0/s1. The highest BCUT2D eigenvalue weighted by atomic mass is 16.1. The van der Waals surface area contributed by atoms with Crippen LogP contribution in [0.5, 0.6) is 0 Å². The predicted octanol–water partition coefficient (Wildman–Crippen LogP) is 1.87. The minimum absolute atomic E-state index is 0.243. The molecular formula is C10H14O. The van der Waals surface area contributed by atoms with Crippen LogP contribution in [0.1, 0.15) is 27.2 Å². The molecule has 0 amide bonds. The van der Waals surface area contributed by atoms with E-state index in [9.17, 15) is 4.79 Å². The van der Waals surface area contributed by atoms with E-state index in [0.717, 1.165) is 6.42 Å². The van der Waals surface area contributed by atoms with Gasteiger partial charge in [0.25, 0.3) is 0 Å². The highest BCUT2D eigenvalue weighted by molar-refractivity contribution is 5.91. The van der Waals surface area contributed by atoms with Gasteiger partial charge in [0.1, 0.15) is 0 Å². The molecule has 60 valence electrons. The molecule has 0 aliphatic heterocycles. The topological polar surface area (TPSA) is 17.1 Å². The predicted molar refractivity (Wildman–Crippen MR) is 44.9 cm³/mol. The Labute approximate surface area is 68.2 Å². The number of terminal acetylenes is 1. The maximum absolute atomic E-state index is 11.5. The second kappa shape index (κ2) is 2.37. The van der Waals surface area contributed by atoms with Crippen LogP contribution >= 0.6 is 0 Å². The summed E-state index contributed by atoms with van der Waals surface area (Å²) in [6.07, 6.45) is 6.28. The highest BCUT2D eigenvalue weighted by Gasteiger charge is 2.44. The lowest BCUT2D eigenvalue weighted by molar-refractivity contribution is -0.126. The molecule has 0 aromatic heterocycles. The number of carbonyl (C=O) groups excluding carboxylic acids is 1. The Morgan fingerprint density at radius 3 is 2.36 bits per heavy atom. The second-order valence-electron chi connectivity index (χ2n) is 3.95. The van der Waals surface area contributed by atoms with E-state index in [-0.39, 0.29) is 11.7 Å². The lowest BCUT2D eigenvalue weighted by Gasteiger charge is -2.14. The molecule has 1 rings (SSSR count). The van der Waals surface area contributed by atoms with Crippen LogP contribution in [0.25, 0.3) is 0 Å². The Bertz CT molecular complexity index is 220. The minimum Gasteiger partial charge on any atom is -0.298 e. The first kappa shape index (κ1) is 8.33. The summed E-state index contributed by atoms with van der Waals surface area (Å²) in [7, 11) is 0. The zero-order valence-electron chi connectivity index (χ0n) is 7.35. The summed E-state index contributed by atoms with van der Waals surface area (Å²) < 4.78 is 0. The molecule has 0 saturated heterocycles. The van der Waals surface area contributed by atoms with Gasteiger partial charge in [-0.1, -0.05) is 12.8 Å². The Morgan fingerprint density at radius 2 is 2.09 bits per heavy atom. The number of rotatable bonds is 2. The van der Waals surface area contributed by atoms with Crippen molar-refractivity contribution in [2.24, 2.45) is 17.3 Å². The number of hydrogen-bond donors (Lipinski definition) is 0. The Kier molecular flexibility index (Phi) is 1.80. The molecule has 0 aromatic rings. The Morgan fingerprint density at radius 1 is 1.64 bits per heavy atom. The zero-order valence-corrected chi connectivity index (χ0v) is 7.35. The molecule has 0 heterocycles. The Balaban J connectivity index is 2.63. The quantitative estimate of drug-likeness (QED) is 0.549. The summed E-state index contributed by atoms with van der Waals surface area (Å²) in [4.78, 5) is 11.5. The van der Waals surface area contributed by atoms with E-state index in [1.54, 1.807) is 0 Å². The molecule has 0 aromatic carbocycles. The van der Waals surface area contributed by atoms with Crippen molar-refractivity contribution in [3.8, 4) is 12.3 Å². The molecule has 1 heteroatoms. The van der Waals surface area contributed by atoms with E-state index in [4.69, 9.17) is 6.42 Å². The van der Waals surface area contributed by atoms with Crippen LogP contribution in [0, 0.1) is 29.6 Å². The van der Waals surface area contributed by atoms with Gasteiger partial charge in [0.15, 0.2) is 5.78 Å². The highest BCUT2D eigenvalue weighted by Crippen LogP contribution is 2.42. The third-order valence-electron chi connectivity index (χ3n) is 2.42. The molecule has 0 bridgehead atoms. The summed E-state index contributed by atoms with van der Waals surface area (Å²) in [5, 5.41) is 0. The number of Topliss-reactive ketones (excluding diaryl/α,β-unsaturated/α-hetero) is 1. The van der Waals surface area contributed by atoms with Crippen LogP contribution in [-0.4, -0.2) is 5.78 Å². The largest absolute Gasteiger partial charge is 0.298 e. The summed E-state index contributed by atoms with van der Waals surface area (Å²) in [6.45, 7) is 5.73. The lowest BCUT2D eigenvalue weighted by atomic mass is 9.86. The van der Waals surface area contributed by atoms with Gasteiger partial charge in [-0.25, -0.2) is 0 Å². The lowest BCUT2D eigenvalue weighted by Crippen LogP contribution is -2.24. The van der Waals surface area contributed by atoms with Gasteiger partial charge in [-0.3, -0.25) is 4.79 Å². The van der Waals surface area contributed by atoms with Crippen molar-refractivity contribution in [2.75, 3.05) is 0 Å².